The predicted octanol–water partition coefficient (Wildman–Crippen LogP) is 2.40. The van der Waals surface area contributed by atoms with Crippen LogP contribution in [0.2, 0.25) is 0 Å². The van der Waals surface area contributed by atoms with Crippen LogP contribution in [0.3, 0.4) is 0 Å². The molecule has 1 heterocycles. The molecular weight excluding hydrogens is 176 g/mol. The summed E-state index contributed by atoms with van der Waals surface area (Å²) in [5.41, 5.74) is 6.62. The van der Waals surface area contributed by atoms with Crippen molar-refractivity contribution in [2.24, 2.45) is 5.92 Å². The van der Waals surface area contributed by atoms with Crippen LogP contribution in [0.5, 0.6) is 5.75 Å². The molecule has 3 nitrogen and oxygen atoms in total. The maximum Gasteiger partial charge on any atom is 0.166 e. The van der Waals surface area contributed by atoms with Crippen LogP contribution in [-0.2, 0) is 0 Å². The zero-order valence-electron chi connectivity index (χ0n) is 9.08. The molecule has 14 heavy (non-hydrogen) atoms. The summed E-state index contributed by atoms with van der Waals surface area (Å²) in [5.74, 6) is 1.82. The van der Waals surface area contributed by atoms with E-state index < -0.39 is 0 Å². The lowest BCUT2D eigenvalue weighted by Gasteiger charge is -2.09. The van der Waals surface area contributed by atoms with E-state index in [0.717, 1.165) is 12.1 Å². The van der Waals surface area contributed by atoms with Gasteiger partial charge in [-0.25, -0.2) is 4.98 Å². The summed E-state index contributed by atoms with van der Waals surface area (Å²) in [4.78, 5) is 4.12. The van der Waals surface area contributed by atoms with E-state index in [2.05, 4.69) is 18.8 Å². The normalized spacial score (nSPS) is 10.6. The molecule has 0 bridgehead atoms. The fourth-order valence-electron chi connectivity index (χ4n) is 1.09. The molecule has 0 unspecified atom stereocenters. The quantitative estimate of drug-likeness (QED) is 0.800. The topological polar surface area (TPSA) is 48.1 Å². The summed E-state index contributed by atoms with van der Waals surface area (Å²) in [6, 6.07) is 3.78. The predicted molar refractivity (Wildman–Crippen MR) is 58.3 cm³/mol. The average molecular weight is 194 g/mol. The van der Waals surface area contributed by atoms with Crippen molar-refractivity contribution in [3.63, 3.8) is 0 Å². The second kappa shape index (κ2) is 4.84. The van der Waals surface area contributed by atoms with E-state index in [0.29, 0.717) is 24.1 Å². The summed E-state index contributed by atoms with van der Waals surface area (Å²) in [6.07, 6.45) is 1.04. The minimum absolute atomic E-state index is 0.480. The van der Waals surface area contributed by atoms with E-state index in [-0.39, 0.29) is 0 Å². The third kappa shape index (κ3) is 3.24. The van der Waals surface area contributed by atoms with E-state index in [1.165, 1.54) is 0 Å². The largest absolute Gasteiger partial charge is 0.490 e. The second-order valence-corrected chi connectivity index (χ2v) is 3.87. The van der Waals surface area contributed by atoms with Gasteiger partial charge in [-0.15, -0.1) is 0 Å². The molecule has 0 spiro atoms. The second-order valence-electron chi connectivity index (χ2n) is 3.87. The molecule has 0 radical (unpaired) electrons. The van der Waals surface area contributed by atoms with Crippen molar-refractivity contribution >= 4 is 5.82 Å². The molecule has 2 N–H and O–H groups in total. The summed E-state index contributed by atoms with van der Waals surface area (Å²) in [6.45, 7) is 6.95. The van der Waals surface area contributed by atoms with Crippen molar-refractivity contribution in [2.75, 3.05) is 12.3 Å². The highest BCUT2D eigenvalue weighted by molar-refractivity contribution is 5.46. The first-order chi connectivity index (χ1) is 6.59. The van der Waals surface area contributed by atoms with Crippen molar-refractivity contribution in [3.05, 3.63) is 17.8 Å². The van der Waals surface area contributed by atoms with E-state index in [4.69, 9.17) is 10.5 Å². The van der Waals surface area contributed by atoms with E-state index in [1.807, 2.05) is 19.1 Å². The van der Waals surface area contributed by atoms with Gasteiger partial charge >= 0.3 is 0 Å². The molecule has 1 aromatic heterocycles. The zero-order valence-corrected chi connectivity index (χ0v) is 9.08. The maximum absolute atomic E-state index is 5.70. The molecule has 78 valence electrons. The van der Waals surface area contributed by atoms with Gasteiger partial charge in [-0.1, -0.05) is 13.8 Å². The lowest BCUT2D eigenvalue weighted by Crippen LogP contribution is -2.04. The minimum Gasteiger partial charge on any atom is -0.490 e. The Morgan fingerprint density at radius 3 is 2.71 bits per heavy atom. The van der Waals surface area contributed by atoms with Crippen LogP contribution in [-0.4, -0.2) is 11.6 Å². The lowest BCUT2D eigenvalue weighted by molar-refractivity contribution is 0.290. The van der Waals surface area contributed by atoms with Crippen LogP contribution in [0.4, 0.5) is 5.82 Å². The van der Waals surface area contributed by atoms with Gasteiger partial charge < -0.3 is 10.5 Å². The molecule has 0 aromatic carbocycles. The number of aryl methyl sites for hydroxylation is 1. The Kier molecular flexibility index (Phi) is 3.74. The van der Waals surface area contributed by atoms with E-state index >= 15 is 0 Å². The van der Waals surface area contributed by atoms with Gasteiger partial charge in [0.15, 0.2) is 11.6 Å². The van der Waals surface area contributed by atoms with Crippen LogP contribution < -0.4 is 10.5 Å². The minimum atomic E-state index is 0.480. The van der Waals surface area contributed by atoms with Gasteiger partial charge in [-0.05, 0) is 31.4 Å². The Morgan fingerprint density at radius 1 is 1.43 bits per heavy atom. The molecule has 0 aliphatic carbocycles. The number of nitrogen functional groups attached to an aromatic ring is 1. The first kappa shape index (κ1) is 10.8. The first-order valence-corrected chi connectivity index (χ1v) is 4.95. The van der Waals surface area contributed by atoms with Crippen LogP contribution in [0.1, 0.15) is 26.0 Å². The average Bonchev–Trinajstić information content (AvgIpc) is 2.08. The van der Waals surface area contributed by atoms with Gasteiger partial charge in [-0.3, -0.25) is 0 Å². The third-order valence-corrected chi connectivity index (χ3v) is 1.98. The molecule has 3 heteroatoms. The van der Waals surface area contributed by atoms with Crippen LogP contribution >= 0.6 is 0 Å². The van der Waals surface area contributed by atoms with Crippen LogP contribution in [0.25, 0.3) is 0 Å². The maximum atomic E-state index is 5.70. The van der Waals surface area contributed by atoms with Crippen LogP contribution in [0.15, 0.2) is 12.1 Å². The standard InChI is InChI=1S/C11H18N2O/c1-8(2)6-7-14-10-5-4-9(3)13-11(10)12/h4-5,8H,6-7H2,1-3H3,(H2,12,13). The van der Waals surface area contributed by atoms with Gasteiger partial charge in [0.2, 0.25) is 0 Å². The Balaban J connectivity index is 2.51. The van der Waals surface area contributed by atoms with E-state index in [9.17, 15) is 0 Å². The van der Waals surface area contributed by atoms with Gasteiger partial charge in [0.05, 0.1) is 6.61 Å². The third-order valence-electron chi connectivity index (χ3n) is 1.98. The molecule has 0 saturated carbocycles. The molecule has 0 fully saturated rings. The van der Waals surface area contributed by atoms with Gasteiger partial charge in [0.1, 0.15) is 0 Å². The van der Waals surface area contributed by atoms with Crippen molar-refractivity contribution in [2.45, 2.75) is 27.2 Å². The molecule has 1 rings (SSSR count). The number of pyridine rings is 1. The van der Waals surface area contributed by atoms with Crippen molar-refractivity contribution in [1.29, 1.82) is 0 Å². The molecule has 0 saturated heterocycles. The molecule has 1 aromatic rings. The Hall–Kier alpha value is -1.25. The Bertz CT molecular complexity index is 297. The van der Waals surface area contributed by atoms with Gasteiger partial charge in [0.25, 0.3) is 0 Å². The van der Waals surface area contributed by atoms with Crippen molar-refractivity contribution in [3.8, 4) is 5.75 Å². The molecule has 0 aliphatic rings. The highest BCUT2D eigenvalue weighted by Gasteiger charge is 2.02. The zero-order chi connectivity index (χ0) is 10.6. The number of rotatable bonds is 4. The van der Waals surface area contributed by atoms with Crippen molar-refractivity contribution in [1.82, 2.24) is 4.98 Å². The first-order valence-electron chi connectivity index (χ1n) is 4.95. The molecule has 0 aliphatic heterocycles. The number of nitrogens with zero attached hydrogens (tertiary/aromatic N) is 1. The number of aromatic nitrogens is 1. The van der Waals surface area contributed by atoms with Crippen LogP contribution in [0, 0.1) is 12.8 Å². The van der Waals surface area contributed by atoms with Gasteiger partial charge in [-0.2, -0.15) is 0 Å². The summed E-state index contributed by atoms with van der Waals surface area (Å²) < 4.78 is 5.52. The molecule has 0 atom stereocenters. The summed E-state index contributed by atoms with van der Waals surface area (Å²) in [5, 5.41) is 0. The number of hydrogen-bond donors (Lipinski definition) is 1. The smallest absolute Gasteiger partial charge is 0.166 e. The van der Waals surface area contributed by atoms with E-state index in [1.54, 1.807) is 0 Å². The summed E-state index contributed by atoms with van der Waals surface area (Å²) in [7, 11) is 0. The highest BCUT2D eigenvalue weighted by atomic mass is 16.5. The number of anilines is 1. The highest BCUT2D eigenvalue weighted by Crippen LogP contribution is 2.19. The number of nitrogens with two attached hydrogens (primary N) is 1. The number of hydrogen-bond acceptors (Lipinski definition) is 3. The fourth-order valence-corrected chi connectivity index (χ4v) is 1.09. The summed E-state index contributed by atoms with van der Waals surface area (Å²) >= 11 is 0. The molecular formula is C11H18N2O. The molecule has 0 amide bonds. The fraction of sp³-hybridized carbons (Fsp3) is 0.545. The number of ether oxygens (including phenoxy) is 1. The van der Waals surface area contributed by atoms with Crippen molar-refractivity contribution < 1.29 is 4.74 Å². The SMILES string of the molecule is Cc1ccc(OCCC(C)C)c(N)n1. The monoisotopic (exact) mass is 194 g/mol. The Morgan fingerprint density at radius 2 is 2.14 bits per heavy atom. The van der Waals surface area contributed by atoms with Gasteiger partial charge in [0, 0.05) is 5.69 Å². The lowest BCUT2D eigenvalue weighted by atomic mass is 10.1. The Labute approximate surface area is 85.3 Å².